The van der Waals surface area contributed by atoms with Crippen LogP contribution in [0.4, 0.5) is 0 Å². The first-order valence-corrected chi connectivity index (χ1v) is 4.75. The maximum atomic E-state index is 10.8. The zero-order chi connectivity index (χ0) is 8.06. The van der Waals surface area contributed by atoms with Crippen LogP contribution in [0.2, 0.25) is 0 Å². The zero-order valence-corrected chi connectivity index (χ0v) is 6.40. The Morgan fingerprint density at radius 1 is 1.64 bits per heavy atom. The molecule has 2 heterocycles. The molecular formula is C4H8NO5P. The van der Waals surface area contributed by atoms with E-state index < -0.39 is 26.2 Å². The van der Waals surface area contributed by atoms with Crippen LogP contribution in [0.3, 0.4) is 0 Å². The van der Waals surface area contributed by atoms with Crippen molar-refractivity contribution >= 4 is 7.75 Å². The van der Waals surface area contributed by atoms with E-state index >= 15 is 0 Å². The Balaban J connectivity index is 2.16. The lowest BCUT2D eigenvalue weighted by Gasteiger charge is -2.07. The molecule has 0 spiro atoms. The number of aliphatic hydroxyl groups excluding tert-OH is 1. The SMILES string of the molecule is O=P1(O)N[C@H]2OC[C@H](O)[C@H]2O1. The van der Waals surface area contributed by atoms with Crippen molar-refractivity contribution in [2.24, 2.45) is 0 Å². The van der Waals surface area contributed by atoms with Crippen molar-refractivity contribution in [3.05, 3.63) is 0 Å². The van der Waals surface area contributed by atoms with Crippen LogP contribution in [0.1, 0.15) is 0 Å². The molecule has 6 nitrogen and oxygen atoms in total. The van der Waals surface area contributed by atoms with Crippen molar-refractivity contribution in [2.45, 2.75) is 18.4 Å². The van der Waals surface area contributed by atoms with Gasteiger partial charge in [0.25, 0.3) is 0 Å². The van der Waals surface area contributed by atoms with E-state index in [1.165, 1.54) is 0 Å². The summed E-state index contributed by atoms with van der Waals surface area (Å²) in [6.45, 7) is 0.141. The Bertz CT molecular complexity index is 221. The highest BCUT2D eigenvalue weighted by molar-refractivity contribution is 7.50. The number of aliphatic hydroxyl groups is 1. The minimum atomic E-state index is -3.69. The molecule has 7 heteroatoms. The Morgan fingerprint density at radius 2 is 2.36 bits per heavy atom. The first-order chi connectivity index (χ1) is 5.08. The normalized spacial score (nSPS) is 56.4. The number of hydrogen-bond donors (Lipinski definition) is 3. The van der Waals surface area contributed by atoms with Gasteiger partial charge in [-0.15, -0.1) is 0 Å². The minimum absolute atomic E-state index is 0.141. The molecule has 0 radical (unpaired) electrons. The molecular weight excluding hydrogens is 173 g/mol. The molecule has 2 rings (SSSR count). The van der Waals surface area contributed by atoms with Gasteiger partial charge in [0.15, 0.2) is 0 Å². The summed E-state index contributed by atoms with van der Waals surface area (Å²) < 4.78 is 20.3. The van der Waals surface area contributed by atoms with Crippen LogP contribution in [0.5, 0.6) is 0 Å². The first kappa shape index (κ1) is 7.67. The van der Waals surface area contributed by atoms with Gasteiger partial charge in [-0.25, -0.2) is 4.57 Å². The van der Waals surface area contributed by atoms with Crippen LogP contribution in [-0.4, -0.2) is 35.0 Å². The zero-order valence-electron chi connectivity index (χ0n) is 5.51. The van der Waals surface area contributed by atoms with Crippen molar-refractivity contribution in [1.29, 1.82) is 0 Å². The van der Waals surface area contributed by atoms with E-state index in [2.05, 4.69) is 9.61 Å². The van der Waals surface area contributed by atoms with Crippen molar-refractivity contribution in [1.82, 2.24) is 5.09 Å². The molecule has 1 unspecified atom stereocenters. The topological polar surface area (TPSA) is 88.0 Å². The van der Waals surface area contributed by atoms with Crippen LogP contribution < -0.4 is 5.09 Å². The largest absolute Gasteiger partial charge is 0.405 e. The predicted octanol–water partition coefficient (Wildman–Crippen LogP) is -1.21. The Kier molecular flexibility index (Phi) is 1.57. The third kappa shape index (κ3) is 1.22. The number of fused-ring (bicyclic) bond motifs is 1. The van der Waals surface area contributed by atoms with E-state index in [0.29, 0.717) is 0 Å². The summed E-state index contributed by atoms with van der Waals surface area (Å²) in [5.41, 5.74) is 0. The van der Waals surface area contributed by atoms with Crippen LogP contribution in [-0.2, 0) is 13.8 Å². The summed E-state index contributed by atoms with van der Waals surface area (Å²) >= 11 is 0. The highest BCUT2D eigenvalue weighted by atomic mass is 31.2. The molecule has 0 bridgehead atoms. The summed E-state index contributed by atoms with van der Waals surface area (Å²) in [4.78, 5) is 8.85. The highest BCUT2D eigenvalue weighted by Gasteiger charge is 2.50. The number of rotatable bonds is 0. The molecule has 0 aliphatic carbocycles. The number of hydrogen-bond acceptors (Lipinski definition) is 4. The lowest BCUT2D eigenvalue weighted by atomic mass is 10.2. The smallest absolute Gasteiger partial charge is 0.388 e. The lowest BCUT2D eigenvalue weighted by Crippen LogP contribution is -2.30. The van der Waals surface area contributed by atoms with Gasteiger partial charge < -0.3 is 14.7 Å². The average Bonchev–Trinajstić information content (AvgIpc) is 2.31. The van der Waals surface area contributed by atoms with E-state index in [9.17, 15) is 4.57 Å². The van der Waals surface area contributed by atoms with E-state index in [1.807, 2.05) is 0 Å². The third-order valence-corrected chi connectivity index (χ3v) is 2.79. The van der Waals surface area contributed by atoms with E-state index in [-0.39, 0.29) is 6.61 Å². The van der Waals surface area contributed by atoms with Crippen LogP contribution >= 0.6 is 7.75 Å². The van der Waals surface area contributed by atoms with Crippen molar-refractivity contribution in [2.75, 3.05) is 6.61 Å². The van der Waals surface area contributed by atoms with Crippen LogP contribution in [0.25, 0.3) is 0 Å². The van der Waals surface area contributed by atoms with E-state index in [4.69, 9.17) is 14.7 Å². The molecule has 2 fully saturated rings. The average molecular weight is 181 g/mol. The molecule has 3 N–H and O–H groups in total. The van der Waals surface area contributed by atoms with Gasteiger partial charge >= 0.3 is 7.75 Å². The molecule has 2 saturated heterocycles. The molecule has 4 atom stereocenters. The van der Waals surface area contributed by atoms with Crippen LogP contribution in [0.15, 0.2) is 0 Å². The maximum absolute atomic E-state index is 10.8. The standard InChI is InChI=1S/C4H8NO5P/c6-2-1-9-4-3(2)10-11(7,8)5-4/h2-4,6H,1H2,(H2,5,7,8)/t2-,3+,4-/m0/s1. The Morgan fingerprint density at radius 3 is 3.00 bits per heavy atom. The summed E-state index contributed by atoms with van der Waals surface area (Å²) in [6.07, 6.45) is -2.15. The van der Waals surface area contributed by atoms with Crippen molar-refractivity contribution in [3.8, 4) is 0 Å². The molecule has 0 aromatic heterocycles. The molecule has 0 saturated carbocycles. The number of nitrogens with one attached hydrogen (secondary N) is 1. The quantitative estimate of drug-likeness (QED) is 0.406. The van der Waals surface area contributed by atoms with Crippen molar-refractivity contribution in [3.63, 3.8) is 0 Å². The summed E-state index contributed by atoms with van der Waals surface area (Å²) in [5, 5.41) is 11.3. The van der Waals surface area contributed by atoms with Gasteiger partial charge in [-0.3, -0.25) is 4.52 Å². The van der Waals surface area contributed by atoms with Gasteiger partial charge in [0, 0.05) is 0 Å². The molecule has 64 valence electrons. The summed E-state index contributed by atoms with van der Waals surface area (Å²) in [7, 11) is -3.69. The second kappa shape index (κ2) is 2.26. The maximum Gasteiger partial charge on any atom is 0.405 e. The first-order valence-electron chi connectivity index (χ1n) is 3.17. The van der Waals surface area contributed by atoms with Gasteiger partial charge in [-0.1, -0.05) is 0 Å². The lowest BCUT2D eigenvalue weighted by molar-refractivity contribution is 0.0668. The highest BCUT2D eigenvalue weighted by Crippen LogP contribution is 2.48. The fraction of sp³-hybridized carbons (Fsp3) is 1.00. The number of ether oxygens (including phenoxy) is 1. The monoisotopic (exact) mass is 181 g/mol. The molecule has 0 aromatic carbocycles. The van der Waals surface area contributed by atoms with Gasteiger partial charge in [-0.05, 0) is 0 Å². The van der Waals surface area contributed by atoms with Crippen LogP contribution in [0, 0.1) is 0 Å². The Hall–Kier alpha value is 0.0300. The molecule has 2 aliphatic heterocycles. The fourth-order valence-electron chi connectivity index (χ4n) is 1.19. The predicted molar refractivity (Wildman–Crippen MR) is 33.6 cm³/mol. The van der Waals surface area contributed by atoms with E-state index in [0.717, 1.165) is 0 Å². The second-order valence-electron chi connectivity index (χ2n) is 2.54. The summed E-state index contributed by atoms with van der Waals surface area (Å²) in [5.74, 6) is 0. The van der Waals surface area contributed by atoms with Gasteiger partial charge in [0.05, 0.1) is 6.61 Å². The fourth-order valence-corrected chi connectivity index (χ4v) is 2.37. The van der Waals surface area contributed by atoms with Gasteiger partial charge in [-0.2, -0.15) is 5.09 Å². The van der Waals surface area contributed by atoms with Gasteiger partial charge in [0.2, 0.25) is 0 Å². The second-order valence-corrected chi connectivity index (χ2v) is 4.05. The molecule has 0 aromatic rings. The van der Waals surface area contributed by atoms with E-state index in [1.54, 1.807) is 0 Å². The summed E-state index contributed by atoms with van der Waals surface area (Å²) in [6, 6.07) is 0. The van der Waals surface area contributed by atoms with Crippen molar-refractivity contribution < 1.29 is 23.8 Å². The molecule has 2 aliphatic rings. The Labute approximate surface area is 62.7 Å². The minimum Gasteiger partial charge on any atom is -0.388 e. The van der Waals surface area contributed by atoms with Gasteiger partial charge in [0.1, 0.15) is 18.4 Å². The molecule has 11 heavy (non-hydrogen) atoms. The third-order valence-electron chi connectivity index (χ3n) is 1.68. The molecule has 0 amide bonds.